The van der Waals surface area contributed by atoms with Crippen LogP contribution in [-0.2, 0) is 0 Å². The Hall–Kier alpha value is 2.10. The highest BCUT2D eigenvalue weighted by Gasteiger charge is 2.25. The molecule has 0 saturated carbocycles. The molecule has 6 heteroatoms. The van der Waals surface area contributed by atoms with E-state index in [1.165, 1.54) is 34.5 Å². The first-order chi connectivity index (χ1) is 7.88. The van der Waals surface area contributed by atoms with E-state index in [1.54, 1.807) is 0 Å². The van der Waals surface area contributed by atoms with Gasteiger partial charge in [0.25, 0.3) is 0 Å². The fourth-order valence-corrected chi connectivity index (χ4v) is 7.81. The van der Waals surface area contributed by atoms with Crippen LogP contribution in [0.25, 0.3) is 0 Å². The lowest BCUT2D eigenvalue weighted by Crippen LogP contribution is -2.30. The molecular formula is C10H20S6. The van der Waals surface area contributed by atoms with Crippen molar-refractivity contribution in [3.05, 3.63) is 0 Å². The van der Waals surface area contributed by atoms with E-state index in [0.29, 0.717) is 0 Å². The topological polar surface area (TPSA) is 0 Å². The molecule has 0 N–H and O–H groups in total. The minimum absolute atomic E-state index is 0.857. The Morgan fingerprint density at radius 3 is 1.69 bits per heavy atom. The van der Waals surface area contributed by atoms with Crippen molar-refractivity contribution in [1.29, 1.82) is 0 Å². The first kappa shape index (κ1) is 16.2. The lowest BCUT2D eigenvalue weighted by molar-refractivity contribution is 0.939. The smallest absolute Gasteiger partial charge is 0.0265 e. The van der Waals surface area contributed by atoms with Crippen LogP contribution in [0.15, 0.2) is 0 Å². The van der Waals surface area contributed by atoms with Crippen LogP contribution < -0.4 is 0 Å². The van der Waals surface area contributed by atoms with E-state index in [-0.39, 0.29) is 0 Å². The van der Waals surface area contributed by atoms with Crippen LogP contribution in [0.5, 0.6) is 0 Å². The summed E-state index contributed by atoms with van der Waals surface area (Å²) in [5.74, 6) is 9.70. The fourth-order valence-electron chi connectivity index (χ4n) is 1.45. The van der Waals surface area contributed by atoms with E-state index in [4.69, 9.17) is 0 Å². The van der Waals surface area contributed by atoms with Crippen molar-refractivity contribution >= 4 is 72.3 Å². The second-order valence-electron chi connectivity index (χ2n) is 3.42. The van der Waals surface area contributed by atoms with Crippen LogP contribution in [0.2, 0.25) is 0 Å². The van der Waals surface area contributed by atoms with E-state index in [9.17, 15) is 0 Å². The van der Waals surface area contributed by atoms with Gasteiger partial charge in [-0.15, -0.1) is 0 Å². The Morgan fingerprint density at radius 2 is 1.31 bits per heavy atom. The molecule has 1 aliphatic rings. The maximum Gasteiger partial charge on any atom is 0.0265 e. The van der Waals surface area contributed by atoms with Crippen molar-refractivity contribution in [3.8, 4) is 0 Å². The molecule has 1 saturated heterocycles. The molecule has 1 aliphatic heterocycles. The van der Waals surface area contributed by atoms with Gasteiger partial charge in [-0.05, 0) is 11.5 Å². The van der Waals surface area contributed by atoms with Gasteiger partial charge in [-0.2, -0.15) is 72.3 Å². The molecule has 0 spiro atoms. The van der Waals surface area contributed by atoms with Crippen LogP contribution in [0, 0.1) is 0 Å². The summed E-state index contributed by atoms with van der Waals surface area (Å²) in [4.78, 5) is 0. The lowest BCUT2D eigenvalue weighted by atomic mass is 10.3. The minimum Gasteiger partial charge on any atom is -0.179 e. The van der Waals surface area contributed by atoms with Gasteiger partial charge in [-0.25, -0.2) is 0 Å². The van der Waals surface area contributed by atoms with Gasteiger partial charge in [-0.1, -0.05) is 0 Å². The Bertz CT molecular complexity index is 147. The molecule has 0 aromatic rings. The van der Waals surface area contributed by atoms with Crippen LogP contribution in [-0.4, -0.2) is 56.5 Å². The average Bonchev–Trinajstić information content (AvgIpc) is 2.32. The minimum atomic E-state index is 0.857. The predicted molar refractivity (Wildman–Crippen MR) is 94.8 cm³/mol. The molecule has 0 radical (unpaired) electrons. The third kappa shape index (κ3) is 6.88. The molecule has 0 aromatic heterocycles. The number of hydrogen-bond acceptors (Lipinski definition) is 6. The van der Waals surface area contributed by atoms with Crippen molar-refractivity contribution in [3.63, 3.8) is 0 Å². The van der Waals surface area contributed by atoms with Gasteiger partial charge < -0.3 is 0 Å². The average molecular weight is 333 g/mol. The number of rotatable bonds is 8. The number of hydrogen-bond donors (Lipinski definition) is 2. The second-order valence-corrected chi connectivity index (χ2v) is 9.30. The van der Waals surface area contributed by atoms with Crippen molar-refractivity contribution in [2.24, 2.45) is 0 Å². The second kappa shape index (κ2) is 11.0. The fraction of sp³-hybridized carbons (Fsp3) is 1.00. The molecule has 16 heavy (non-hydrogen) atoms. The molecule has 0 aromatic carbocycles. The standard InChI is InChI=1S/C10H20S6/c11-1-3-13-7-9-10(8-14-4-2-12)16-6-5-15-9/h9-12H,1-8H2. The molecule has 0 nitrogen and oxygen atoms in total. The summed E-state index contributed by atoms with van der Waals surface area (Å²) in [7, 11) is 0. The lowest BCUT2D eigenvalue weighted by Gasteiger charge is -2.30. The Morgan fingerprint density at radius 1 is 0.875 bits per heavy atom. The van der Waals surface area contributed by atoms with Gasteiger partial charge in [-0.3, -0.25) is 0 Å². The molecule has 96 valence electrons. The molecule has 0 bridgehead atoms. The Labute approximate surface area is 128 Å². The van der Waals surface area contributed by atoms with Crippen LogP contribution in [0.4, 0.5) is 0 Å². The highest BCUT2D eigenvalue weighted by molar-refractivity contribution is 8.09. The van der Waals surface area contributed by atoms with E-state index < -0.39 is 0 Å². The summed E-state index contributed by atoms with van der Waals surface area (Å²) in [6, 6.07) is 0. The molecule has 1 heterocycles. The van der Waals surface area contributed by atoms with E-state index in [2.05, 4.69) is 72.3 Å². The first-order valence-corrected chi connectivity index (χ1v) is 11.2. The van der Waals surface area contributed by atoms with Gasteiger partial charge in [0.1, 0.15) is 0 Å². The zero-order valence-corrected chi connectivity index (χ0v) is 14.4. The van der Waals surface area contributed by atoms with Crippen LogP contribution in [0.3, 0.4) is 0 Å². The summed E-state index contributed by atoms with van der Waals surface area (Å²) < 4.78 is 0. The third-order valence-corrected chi connectivity index (χ3v) is 9.00. The summed E-state index contributed by atoms with van der Waals surface area (Å²) in [5, 5.41) is 1.71. The van der Waals surface area contributed by atoms with Crippen molar-refractivity contribution in [2.45, 2.75) is 10.5 Å². The molecule has 2 atom stereocenters. The van der Waals surface area contributed by atoms with Crippen molar-refractivity contribution in [2.75, 3.05) is 46.0 Å². The van der Waals surface area contributed by atoms with Crippen molar-refractivity contribution < 1.29 is 0 Å². The predicted octanol–water partition coefficient (Wildman–Crippen LogP) is 3.53. The normalized spacial score (nSPS) is 25.9. The first-order valence-electron chi connectivity index (χ1n) is 5.49. The molecule has 0 aliphatic carbocycles. The van der Waals surface area contributed by atoms with Gasteiger partial charge >= 0.3 is 0 Å². The summed E-state index contributed by atoms with van der Waals surface area (Å²) in [5.41, 5.74) is 0. The monoisotopic (exact) mass is 332 g/mol. The highest BCUT2D eigenvalue weighted by atomic mass is 32.2. The molecular weight excluding hydrogens is 313 g/mol. The van der Waals surface area contributed by atoms with Crippen LogP contribution in [0.1, 0.15) is 0 Å². The maximum atomic E-state index is 4.26. The number of thiol groups is 2. The van der Waals surface area contributed by atoms with E-state index in [1.807, 2.05) is 0 Å². The summed E-state index contributed by atoms with van der Waals surface area (Å²) >= 11 is 17.0. The molecule has 1 fully saturated rings. The quantitative estimate of drug-likeness (QED) is 0.515. The highest BCUT2D eigenvalue weighted by Crippen LogP contribution is 2.35. The van der Waals surface area contributed by atoms with E-state index >= 15 is 0 Å². The summed E-state index contributed by atoms with van der Waals surface area (Å²) in [6.07, 6.45) is 0. The third-order valence-electron chi connectivity index (χ3n) is 2.20. The maximum absolute atomic E-state index is 4.26. The van der Waals surface area contributed by atoms with E-state index in [0.717, 1.165) is 22.0 Å². The van der Waals surface area contributed by atoms with Crippen molar-refractivity contribution in [1.82, 2.24) is 0 Å². The zero-order chi connectivity index (χ0) is 11.6. The Kier molecular flexibility index (Phi) is 11.1. The van der Waals surface area contributed by atoms with Gasteiger partial charge in [0.15, 0.2) is 0 Å². The molecule has 1 rings (SSSR count). The van der Waals surface area contributed by atoms with Crippen LogP contribution >= 0.6 is 72.3 Å². The van der Waals surface area contributed by atoms with Gasteiger partial charge in [0.2, 0.25) is 0 Å². The number of thioether (sulfide) groups is 4. The molecule has 2 unspecified atom stereocenters. The Balaban J connectivity index is 2.20. The molecule has 0 amide bonds. The van der Waals surface area contributed by atoms with Gasteiger partial charge in [0, 0.05) is 45.0 Å². The van der Waals surface area contributed by atoms with Gasteiger partial charge in [0.05, 0.1) is 0 Å². The summed E-state index contributed by atoms with van der Waals surface area (Å²) in [6.45, 7) is 0. The largest absolute Gasteiger partial charge is 0.179 e. The zero-order valence-electron chi connectivity index (χ0n) is 9.34. The SMILES string of the molecule is SCCSCC1SCCSC1CSCCS.